The Morgan fingerprint density at radius 2 is 1.87 bits per heavy atom. The van der Waals surface area contributed by atoms with Gasteiger partial charge in [-0.2, -0.15) is 0 Å². The van der Waals surface area contributed by atoms with Crippen molar-refractivity contribution in [2.45, 2.75) is 11.6 Å². The van der Waals surface area contributed by atoms with Crippen molar-refractivity contribution in [1.82, 2.24) is 0 Å². The minimum Gasteiger partial charge on any atom is -0.426 e. The number of hydrogen-bond acceptors (Lipinski definition) is 4. The lowest BCUT2D eigenvalue weighted by Crippen LogP contribution is -2.30. The van der Waals surface area contributed by atoms with Gasteiger partial charge in [0.15, 0.2) is 0 Å². The number of anilines is 1. The van der Waals surface area contributed by atoms with E-state index in [1.54, 1.807) is 42.5 Å². The molecule has 0 spiro atoms. The van der Waals surface area contributed by atoms with Gasteiger partial charge >= 0.3 is 5.97 Å². The molecule has 0 bridgehead atoms. The van der Waals surface area contributed by atoms with Crippen LogP contribution in [0.15, 0.2) is 76.2 Å². The third kappa shape index (κ3) is 4.74. The summed E-state index contributed by atoms with van der Waals surface area (Å²) in [5.41, 5.74) is 3.54. The van der Waals surface area contributed by atoms with Crippen LogP contribution in [-0.4, -0.2) is 23.8 Å². The second-order valence-electron chi connectivity index (χ2n) is 6.73. The number of benzene rings is 3. The highest BCUT2D eigenvalue weighted by Gasteiger charge is 2.30. The van der Waals surface area contributed by atoms with E-state index in [-0.39, 0.29) is 0 Å². The highest BCUT2D eigenvalue weighted by atomic mass is 79.9. The Kier molecular flexibility index (Phi) is 6.55. The lowest BCUT2D eigenvalue weighted by Gasteiger charge is -2.13. The maximum absolute atomic E-state index is 12.9. The number of aliphatic imine (C=N–C) groups is 1. The molecule has 1 aliphatic heterocycles. The number of carbonyl (C=O) groups is 2. The second-order valence-corrected chi connectivity index (χ2v) is 8.61. The molecule has 1 amide bonds. The molecule has 0 saturated carbocycles. The standard InChI is InChI=1S/C23H15Br2ClN2O3/c24-12-13-4-3-5-14(10-13)23(30)31-22-21(29)27-19-9-8-15(25)11-17(19)20(28-22)16-6-1-2-7-18(16)26/h1-11,22H,12H2,(H,27,29)/t22-/m1/s1. The van der Waals surface area contributed by atoms with E-state index in [0.717, 1.165) is 10.0 Å². The Bertz CT molecular complexity index is 1210. The number of halogens is 3. The summed E-state index contributed by atoms with van der Waals surface area (Å²) in [7, 11) is 0. The number of nitrogens with zero attached hydrogens (tertiary/aromatic N) is 1. The van der Waals surface area contributed by atoms with E-state index >= 15 is 0 Å². The Morgan fingerprint density at radius 3 is 2.65 bits per heavy atom. The SMILES string of the molecule is O=C(O[C@H]1N=C(c2ccccc2Cl)c2cc(Br)ccc2NC1=O)c1cccc(CBr)c1. The summed E-state index contributed by atoms with van der Waals surface area (Å²) in [6, 6.07) is 19.6. The summed E-state index contributed by atoms with van der Waals surface area (Å²) in [5.74, 6) is -1.19. The molecule has 1 heterocycles. The number of alkyl halides is 1. The van der Waals surface area contributed by atoms with Crippen LogP contribution in [0, 0.1) is 0 Å². The van der Waals surface area contributed by atoms with Gasteiger partial charge < -0.3 is 10.1 Å². The van der Waals surface area contributed by atoms with Crippen molar-refractivity contribution in [3.63, 3.8) is 0 Å². The van der Waals surface area contributed by atoms with E-state index in [4.69, 9.17) is 16.3 Å². The zero-order valence-corrected chi connectivity index (χ0v) is 19.9. The molecular formula is C23H15Br2ClN2O3. The third-order valence-electron chi connectivity index (χ3n) is 4.63. The van der Waals surface area contributed by atoms with Gasteiger partial charge in [0, 0.05) is 26.0 Å². The van der Waals surface area contributed by atoms with Crippen LogP contribution >= 0.6 is 43.5 Å². The van der Waals surface area contributed by atoms with Crippen LogP contribution in [-0.2, 0) is 14.9 Å². The molecule has 5 nitrogen and oxygen atoms in total. The van der Waals surface area contributed by atoms with E-state index in [1.165, 1.54) is 0 Å². The van der Waals surface area contributed by atoms with Gasteiger partial charge in [0.2, 0.25) is 0 Å². The van der Waals surface area contributed by atoms with Crippen LogP contribution in [0.4, 0.5) is 5.69 Å². The van der Waals surface area contributed by atoms with E-state index in [1.807, 2.05) is 24.3 Å². The maximum atomic E-state index is 12.9. The number of rotatable bonds is 4. The number of hydrogen-bond donors (Lipinski definition) is 1. The molecule has 0 radical (unpaired) electrons. The average molecular weight is 563 g/mol. The second kappa shape index (κ2) is 9.34. The van der Waals surface area contributed by atoms with Crippen molar-refractivity contribution >= 4 is 66.7 Å². The first kappa shape index (κ1) is 21.7. The average Bonchev–Trinajstić information content (AvgIpc) is 2.90. The van der Waals surface area contributed by atoms with Gasteiger partial charge in [-0.05, 0) is 42.0 Å². The summed E-state index contributed by atoms with van der Waals surface area (Å²) >= 11 is 13.3. The number of nitrogens with one attached hydrogen (secondary N) is 1. The van der Waals surface area contributed by atoms with Crippen LogP contribution in [0.2, 0.25) is 5.02 Å². The largest absolute Gasteiger partial charge is 0.426 e. The number of amides is 1. The predicted molar refractivity (Wildman–Crippen MR) is 128 cm³/mol. The molecule has 3 aromatic carbocycles. The minimum absolute atomic E-state index is 0.337. The number of benzodiazepines with no additional fused rings is 1. The van der Waals surface area contributed by atoms with Crippen molar-refractivity contribution in [3.8, 4) is 0 Å². The maximum Gasteiger partial charge on any atom is 0.340 e. The number of esters is 1. The first-order chi connectivity index (χ1) is 15.0. The van der Waals surface area contributed by atoms with E-state index in [0.29, 0.717) is 38.4 Å². The highest BCUT2D eigenvalue weighted by molar-refractivity contribution is 9.10. The number of fused-ring (bicyclic) bond motifs is 1. The fourth-order valence-electron chi connectivity index (χ4n) is 3.16. The quantitative estimate of drug-likeness (QED) is 0.315. The molecule has 31 heavy (non-hydrogen) atoms. The Balaban J connectivity index is 1.77. The zero-order valence-electron chi connectivity index (χ0n) is 15.9. The van der Waals surface area contributed by atoms with Crippen molar-refractivity contribution in [1.29, 1.82) is 0 Å². The Hall–Kier alpha value is -2.48. The fourth-order valence-corrected chi connectivity index (χ4v) is 4.09. The van der Waals surface area contributed by atoms with Crippen LogP contribution in [0.1, 0.15) is 27.0 Å². The minimum atomic E-state index is -1.38. The van der Waals surface area contributed by atoms with Crippen molar-refractivity contribution < 1.29 is 14.3 Å². The number of ether oxygens (including phenoxy) is 1. The van der Waals surface area contributed by atoms with Gasteiger partial charge in [0.1, 0.15) is 0 Å². The molecule has 0 saturated heterocycles. The third-order valence-corrected chi connectivity index (χ3v) is 6.10. The normalized spacial score (nSPS) is 15.4. The Labute approximate surface area is 200 Å². The molecule has 0 fully saturated rings. The van der Waals surface area contributed by atoms with Crippen molar-refractivity contribution in [2.75, 3.05) is 5.32 Å². The molecular weight excluding hydrogens is 548 g/mol. The fraction of sp³-hybridized carbons (Fsp3) is 0.0870. The summed E-state index contributed by atoms with van der Waals surface area (Å²) < 4.78 is 6.32. The van der Waals surface area contributed by atoms with Gasteiger partial charge in [0.05, 0.1) is 17.0 Å². The monoisotopic (exact) mass is 560 g/mol. The molecule has 3 aromatic rings. The summed E-state index contributed by atoms with van der Waals surface area (Å²) in [6.07, 6.45) is -1.38. The van der Waals surface area contributed by atoms with E-state index in [9.17, 15) is 9.59 Å². The lowest BCUT2D eigenvalue weighted by molar-refractivity contribution is -0.124. The van der Waals surface area contributed by atoms with Crippen molar-refractivity contribution in [3.05, 3.63) is 98.5 Å². The van der Waals surface area contributed by atoms with E-state index < -0.39 is 18.1 Å². The number of carbonyl (C=O) groups excluding carboxylic acids is 2. The van der Waals surface area contributed by atoms with Gasteiger partial charge in [-0.3, -0.25) is 4.79 Å². The van der Waals surface area contributed by atoms with Crippen LogP contribution in [0.5, 0.6) is 0 Å². The first-order valence-electron chi connectivity index (χ1n) is 9.25. The van der Waals surface area contributed by atoms with Crippen LogP contribution in [0.3, 0.4) is 0 Å². The van der Waals surface area contributed by atoms with Gasteiger partial charge in [-0.25, -0.2) is 9.79 Å². The molecule has 4 rings (SSSR count). The van der Waals surface area contributed by atoms with Crippen LogP contribution in [0.25, 0.3) is 0 Å². The van der Waals surface area contributed by atoms with Gasteiger partial charge in [-0.15, -0.1) is 0 Å². The summed E-state index contributed by atoms with van der Waals surface area (Å²) in [4.78, 5) is 30.1. The van der Waals surface area contributed by atoms with Crippen molar-refractivity contribution in [2.24, 2.45) is 4.99 Å². The lowest BCUT2D eigenvalue weighted by atomic mass is 10.0. The zero-order chi connectivity index (χ0) is 22.0. The molecule has 1 aliphatic rings. The summed E-state index contributed by atoms with van der Waals surface area (Å²) in [5, 5.41) is 3.86. The first-order valence-corrected chi connectivity index (χ1v) is 11.5. The van der Waals surface area contributed by atoms with E-state index in [2.05, 4.69) is 42.2 Å². The summed E-state index contributed by atoms with van der Waals surface area (Å²) in [6.45, 7) is 0. The van der Waals surface area contributed by atoms with Gasteiger partial charge in [-0.1, -0.05) is 73.8 Å². The molecule has 1 atom stereocenters. The molecule has 0 aliphatic carbocycles. The molecule has 156 valence electrons. The predicted octanol–water partition coefficient (Wildman–Crippen LogP) is 5.97. The topological polar surface area (TPSA) is 67.8 Å². The van der Waals surface area contributed by atoms with Crippen LogP contribution < -0.4 is 5.32 Å². The highest BCUT2D eigenvalue weighted by Crippen LogP contribution is 2.30. The Morgan fingerprint density at radius 1 is 1.06 bits per heavy atom. The smallest absolute Gasteiger partial charge is 0.340 e. The molecule has 0 aromatic heterocycles. The molecule has 8 heteroatoms. The van der Waals surface area contributed by atoms with Gasteiger partial charge in [0.25, 0.3) is 12.1 Å². The molecule has 0 unspecified atom stereocenters. The molecule has 1 N–H and O–H groups in total.